The average molecular weight is 377 g/mol. The molecule has 1 atom stereocenters. The molecule has 0 radical (unpaired) electrons. The van der Waals surface area contributed by atoms with Gasteiger partial charge in [0.15, 0.2) is 0 Å². The van der Waals surface area contributed by atoms with Crippen LogP contribution in [0.25, 0.3) is 21.9 Å². The Morgan fingerprint density at radius 3 is 2.07 bits per heavy atom. The fourth-order valence-corrected chi connectivity index (χ4v) is 5.10. The molecular formula is C29H28. The number of hydrogen-bond acceptors (Lipinski definition) is 0. The molecule has 5 rings (SSSR count). The molecule has 0 N–H and O–H groups in total. The Labute approximate surface area is 174 Å². The second kappa shape index (κ2) is 6.32. The summed E-state index contributed by atoms with van der Waals surface area (Å²) in [6.45, 7) is 11.5. The molecular weight excluding hydrogens is 348 g/mol. The van der Waals surface area contributed by atoms with Gasteiger partial charge in [0.2, 0.25) is 0 Å². The monoisotopic (exact) mass is 376 g/mol. The van der Waals surface area contributed by atoms with Crippen molar-refractivity contribution in [3.05, 3.63) is 106 Å². The molecule has 1 unspecified atom stereocenters. The molecule has 0 amide bonds. The van der Waals surface area contributed by atoms with Crippen LogP contribution in [0.4, 0.5) is 0 Å². The third kappa shape index (κ3) is 2.66. The van der Waals surface area contributed by atoms with Crippen molar-refractivity contribution < 1.29 is 0 Å². The Morgan fingerprint density at radius 2 is 1.34 bits per heavy atom. The van der Waals surface area contributed by atoms with Crippen LogP contribution in [0.3, 0.4) is 0 Å². The molecule has 0 saturated carbocycles. The molecule has 0 nitrogen and oxygen atoms in total. The summed E-state index contributed by atoms with van der Waals surface area (Å²) in [5, 5.41) is 2.75. The molecule has 0 bridgehead atoms. The number of benzene rings is 4. The minimum Gasteiger partial charge on any atom is -0.0616 e. The second-order valence-corrected chi connectivity index (χ2v) is 9.22. The van der Waals surface area contributed by atoms with E-state index in [0.717, 1.165) is 0 Å². The Hall–Kier alpha value is -2.86. The van der Waals surface area contributed by atoms with Crippen LogP contribution < -0.4 is 0 Å². The highest BCUT2D eigenvalue weighted by atomic mass is 14.4. The van der Waals surface area contributed by atoms with Crippen LogP contribution in [0.1, 0.15) is 60.1 Å². The summed E-state index contributed by atoms with van der Waals surface area (Å²) in [4.78, 5) is 0. The Morgan fingerprint density at radius 1 is 0.690 bits per heavy atom. The highest BCUT2D eigenvalue weighted by molar-refractivity contribution is 6.03. The summed E-state index contributed by atoms with van der Waals surface area (Å²) < 4.78 is 0. The van der Waals surface area contributed by atoms with Crippen LogP contribution >= 0.6 is 0 Å². The standard InChI is InChI=1S/C29H28/c1-18-10-12-21(13-11-18)20(3)22-14-15-25-26(17-22)29(4,5)27-16-19(2)23-8-6-7-9-24(23)28(25)27/h6-17,20H,1-5H3. The third-order valence-electron chi connectivity index (χ3n) is 6.99. The van der Waals surface area contributed by atoms with E-state index in [2.05, 4.69) is 107 Å². The van der Waals surface area contributed by atoms with Gasteiger partial charge in [0.05, 0.1) is 0 Å². The summed E-state index contributed by atoms with van der Waals surface area (Å²) in [6.07, 6.45) is 0. The van der Waals surface area contributed by atoms with Crippen molar-refractivity contribution in [1.29, 1.82) is 0 Å². The summed E-state index contributed by atoms with van der Waals surface area (Å²) in [5.74, 6) is 0.388. The number of fused-ring (bicyclic) bond motifs is 5. The van der Waals surface area contributed by atoms with Gasteiger partial charge in [0, 0.05) is 11.3 Å². The molecule has 1 aliphatic rings. The zero-order chi connectivity index (χ0) is 20.3. The van der Waals surface area contributed by atoms with E-state index in [-0.39, 0.29) is 5.41 Å². The van der Waals surface area contributed by atoms with Crippen molar-refractivity contribution in [3.63, 3.8) is 0 Å². The maximum Gasteiger partial charge on any atom is 0.0159 e. The first-order valence-corrected chi connectivity index (χ1v) is 10.6. The molecule has 144 valence electrons. The second-order valence-electron chi connectivity index (χ2n) is 9.22. The zero-order valence-electron chi connectivity index (χ0n) is 18.0. The van der Waals surface area contributed by atoms with Crippen molar-refractivity contribution in [1.82, 2.24) is 0 Å². The lowest BCUT2D eigenvalue weighted by Crippen LogP contribution is -2.15. The van der Waals surface area contributed by atoms with Crippen LogP contribution in [0, 0.1) is 13.8 Å². The summed E-state index contributed by atoms with van der Waals surface area (Å²) in [5.41, 5.74) is 11.2. The minimum atomic E-state index is 0.0163. The van der Waals surface area contributed by atoms with E-state index in [1.54, 1.807) is 0 Å². The van der Waals surface area contributed by atoms with Crippen molar-refractivity contribution in [2.45, 2.75) is 46.0 Å². The van der Waals surface area contributed by atoms with Gasteiger partial charge < -0.3 is 0 Å². The number of hydrogen-bond donors (Lipinski definition) is 0. The van der Waals surface area contributed by atoms with Crippen LogP contribution in [0.15, 0.2) is 72.8 Å². The van der Waals surface area contributed by atoms with Gasteiger partial charge in [-0.05, 0) is 63.6 Å². The van der Waals surface area contributed by atoms with E-state index >= 15 is 0 Å². The first-order chi connectivity index (χ1) is 13.9. The number of aryl methyl sites for hydroxylation is 2. The Balaban J connectivity index is 1.70. The molecule has 1 aliphatic carbocycles. The first kappa shape index (κ1) is 18.2. The van der Waals surface area contributed by atoms with Gasteiger partial charge in [-0.3, -0.25) is 0 Å². The van der Waals surface area contributed by atoms with E-state index in [1.807, 2.05) is 0 Å². The van der Waals surface area contributed by atoms with Gasteiger partial charge >= 0.3 is 0 Å². The molecule has 0 spiro atoms. The van der Waals surface area contributed by atoms with Gasteiger partial charge in [-0.15, -0.1) is 0 Å². The van der Waals surface area contributed by atoms with Crippen LogP contribution in [-0.2, 0) is 5.41 Å². The quantitative estimate of drug-likeness (QED) is 0.333. The fourth-order valence-electron chi connectivity index (χ4n) is 5.10. The lowest BCUT2D eigenvalue weighted by atomic mass is 9.80. The predicted molar refractivity (Wildman–Crippen MR) is 125 cm³/mol. The van der Waals surface area contributed by atoms with Gasteiger partial charge in [0.25, 0.3) is 0 Å². The fraction of sp³-hybridized carbons (Fsp3) is 0.241. The lowest BCUT2D eigenvalue weighted by Gasteiger charge is -2.23. The van der Waals surface area contributed by atoms with Gasteiger partial charge in [-0.1, -0.05) is 99.1 Å². The summed E-state index contributed by atoms with van der Waals surface area (Å²) in [7, 11) is 0. The molecule has 0 fully saturated rings. The van der Waals surface area contributed by atoms with E-state index in [4.69, 9.17) is 0 Å². The zero-order valence-corrected chi connectivity index (χ0v) is 18.0. The Kier molecular flexibility index (Phi) is 3.96. The molecule has 0 heterocycles. The highest BCUT2D eigenvalue weighted by Gasteiger charge is 2.37. The largest absolute Gasteiger partial charge is 0.0616 e. The third-order valence-corrected chi connectivity index (χ3v) is 6.99. The van der Waals surface area contributed by atoms with Gasteiger partial charge in [-0.25, -0.2) is 0 Å². The van der Waals surface area contributed by atoms with Crippen LogP contribution in [-0.4, -0.2) is 0 Å². The Bertz CT molecular complexity index is 1240. The van der Waals surface area contributed by atoms with Gasteiger partial charge in [0.1, 0.15) is 0 Å². The SMILES string of the molecule is Cc1ccc(C(C)c2ccc3c(c2)C(C)(C)c2cc(C)c4ccccc4c2-3)cc1. The topological polar surface area (TPSA) is 0 Å². The molecule has 29 heavy (non-hydrogen) atoms. The molecule has 4 aromatic carbocycles. The average Bonchev–Trinajstić information content (AvgIpc) is 2.95. The normalized spacial score (nSPS) is 15.2. The lowest BCUT2D eigenvalue weighted by molar-refractivity contribution is 0.658. The van der Waals surface area contributed by atoms with E-state index in [9.17, 15) is 0 Å². The van der Waals surface area contributed by atoms with E-state index < -0.39 is 0 Å². The smallest absolute Gasteiger partial charge is 0.0159 e. The van der Waals surface area contributed by atoms with Gasteiger partial charge in [-0.2, -0.15) is 0 Å². The summed E-state index contributed by atoms with van der Waals surface area (Å²) >= 11 is 0. The predicted octanol–water partition coefficient (Wildman–Crippen LogP) is 7.91. The van der Waals surface area contributed by atoms with Crippen LogP contribution in [0.2, 0.25) is 0 Å². The van der Waals surface area contributed by atoms with E-state index in [1.165, 1.54) is 55.3 Å². The first-order valence-electron chi connectivity index (χ1n) is 10.6. The van der Waals surface area contributed by atoms with Crippen molar-refractivity contribution >= 4 is 10.8 Å². The van der Waals surface area contributed by atoms with Crippen LogP contribution in [0.5, 0.6) is 0 Å². The number of rotatable bonds is 2. The highest BCUT2D eigenvalue weighted by Crippen LogP contribution is 2.52. The molecule has 0 saturated heterocycles. The molecule has 4 aromatic rings. The molecule has 0 aromatic heterocycles. The maximum absolute atomic E-state index is 2.46. The van der Waals surface area contributed by atoms with Crippen molar-refractivity contribution in [2.75, 3.05) is 0 Å². The van der Waals surface area contributed by atoms with Crippen molar-refractivity contribution in [3.8, 4) is 11.1 Å². The maximum atomic E-state index is 2.46. The minimum absolute atomic E-state index is 0.0163. The van der Waals surface area contributed by atoms with Crippen molar-refractivity contribution in [2.24, 2.45) is 0 Å². The molecule has 0 aliphatic heterocycles. The molecule has 0 heteroatoms. The van der Waals surface area contributed by atoms with E-state index in [0.29, 0.717) is 5.92 Å². The summed E-state index contributed by atoms with van der Waals surface area (Å²) in [6, 6.07) is 27.4.